The standard InChI is InChI=1S/C28H29F3O/c1-3-4-18-5-8-21-15-22(10-9-20(21)13-18)23-16-25(29)24(26(30)17-23)11-6-19-7-12-28(32-2)27(31)14-19/h3-4,7,12,14,16-18,20-22H,5,8-10,13,15H2,1-2H3/b4-3+. The van der Waals surface area contributed by atoms with Crippen molar-refractivity contribution in [2.75, 3.05) is 7.11 Å². The highest BCUT2D eigenvalue weighted by Crippen LogP contribution is 2.48. The van der Waals surface area contributed by atoms with E-state index in [0.29, 0.717) is 17.4 Å². The summed E-state index contributed by atoms with van der Waals surface area (Å²) in [4.78, 5) is 0. The lowest BCUT2D eigenvalue weighted by molar-refractivity contribution is 0.133. The topological polar surface area (TPSA) is 9.23 Å². The molecule has 2 fully saturated rings. The average Bonchev–Trinajstić information content (AvgIpc) is 2.78. The zero-order valence-corrected chi connectivity index (χ0v) is 18.6. The second-order valence-electron chi connectivity index (χ2n) is 9.09. The smallest absolute Gasteiger partial charge is 0.166 e. The van der Waals surface area contributed by atoms with Gasteiger partial charge >= 0.3 is 0 Å². The van der Waals surface area contributed by atoms with Crippen molar-refractivity contribution in [3.8, 4) is 17.6 Å². The molecule has 4 heteroatoms. The Bertz CT molecular complexity index is 1040. The molecule has 0 bridgehead atoms. The van der Waals surface area contributed by atoms with Gasteiger partial charge in [0, 0.05) is 5.56 Å². The van der Waals surface area contributed by atoms with Crippen LogP contribution < -0.4 is 4.74 Å². The zero-order valence-electron chi connectivity index (χ0n) is 18.6. The first-order valence-electron chi connectivity index (χ1n) is 11.5. The van der Waals surface area contributed by atoms with Gasteiger partial charge in [0.1, 0.15) is 11.6 Å². The lowest BCUT2D eigenvalue weighted by Gasteiger charge is -2.41. The van der Waals surface area contributed by atoms with E-state index in [1.54, 1.807) is 6.07 Å². The first-order chi connectivity index (χ1) is 15.5. The number of hydrogen-bond donors (Lipinski definition) is 0. The van der Waals surface area contributed by atoms with Crippen LogP contribution in [0.5, 0.6) is 5.75 Å². The fourth-order valence-electron chi connectivity index (χ4n) is 5.50. The van der Waals surface area contributed by atoms with Crippen molar-refractivity contribution in [1.29, 1.82) is 0 Å². The van der Waals surface area contributed by atoms with Crippen molar-refractivity contribution in [2.45, 2.75) is 51.4 Å². The van der Waals surface area contributed by atoms with Crippen LogP contribution in [0.2, 0.25) is 0 Å². The molecule has 0 heterocycles. The Balaban J connectivity index is 1.49. The van der Waals surface area contributed by atoms with Gasteiger partial charge in [-0.15, -0.1) is 0 Å². The number of methoxy groups -OCH3 is 1. The largest absolute Gasteiger partial charge is 0.494 e. The van der Waals surface area contributed by atoms with E-state index in [-0.39, 0.29) is 17.2 Å². The normalized spacial score (nSPS) is 25.2. The van der Waals surface area contributed by atoms with Crippen LogP contribution in [0, 0.1) is 47.0 Å². The number of fused-ring (bicyclic) bond motifs is 1. The Labute approximate surface area is 188 Å². The third-order valence-electron chi connectivity index (χ3n) is 7.14. The molecular weight excluding hydrogens is 409 g/mol. The van der Waals surface area contributed by atoms with Gasteiger partial charge in [-0.3, -0.25) is 0 Å². The maximum Gasteiger partial charge on any atom is 0.166 e. The van der Waals surface area contributed by atoms with Crippen LogP contribution in [0.1, 0.15) is 68.1 Å². The van der Waals surface area contributed by atoms with Gasteiger partial charge in [-0.05, 0) is 105 Å². The lowest BCUT2D eigenvalue weighted by Crippen LogP contribution is -2.30. The molecule has 0 saturated heterocycles. The van der Waals surface area contributed by atoms with E-state index in [9.17, 15) is 13.2 Å². The van der Waals surface area contributed by atoms with Crippen molar-refractivity contribution in [1.82, 2.24) is 0 Å². The molecule has 0 aromatic heterocycles. The van der Waals surface area contributed by atoms with Crippen molar-refractivity contribution in [3.05, 3.63) is 76.6 Å². The molecule has 168 valence electrons. The maximum atomic E-state index is 14.8. The zero-order chi connectivity index (χ0) is 22.7. The van der Waals surface area contributed by atoms with E-state index in [2.05, 4.69) is 30.9 Å². The molecule has 2 saturated carbocycles. The molecule has 0 aliphatic heterocycles. The number of rotatable bonds is 3. The van der Waals surface area contributed by atoms with Crippen LogP contribution in [-0.2, 0) is 0 Å². The Morgan fingerprint density at radius 2 is 1.59 bits per heavy atom. The fourth-order valence-corrected chi connectivity index (χ4v) is 5.50. The summed E-state index contributed by atoms with van der Waals surface area (Å²) in [5.41, 5.74) is 0.790. The summed E-state index contributed by atoms with van der Waals surface area (Å²) < 4.78 is 48.3. The molecule has 0 radical (unpaired) electrons. The van der Waals surface area contributed by atoms with Crippen LogP contribution in [0.4, 0.5) is 13.2 Å². The van der Waals surface area contributed by atoms with Crippen molar-refractivity contribution in [2.24, 2.45) is 17.8 Å². The van der Waals surface area contributed by atoms with E-state index >= 15 is 0 Å². The summed E-state index contributed by atoms with van der Waals surface area (Å²) in [6.45, 7) is 2.08. The van der Waals surface area contributed by atoms with Gasteiger partial charge in [0.05, 0.1) is 12.7 Å². The number of allylic oxidation sites excluding steroid dienone is 2. The summed E-state index contributed by atoms with van der Waals surface area (Å²) in [6.07, 6.45) is 11.2. The molecule has 4 unspecified atom stereocenters. The van der Waals surface area contributed by atoms with Crippen LogP contribution in [0.25, 0.3) is 0 Å². The molecule has 2 aromatic carbocycles. The molecule has 0 spiro atoms. The summed E-state index contributed by atoms with van der Waals surface area (Å²) in [7, 11) is 1.37. The van der Waals surface area contributed by atoms with E-state index in [4.69, 9.17) is 4.74 Å². The van der Waals surface area contributed by atoms with Gasteiger partial charge in [0.25, 0.3) is 0 Å². The molecular formula is C28H29F3O. The fraction of sp³-hybridized carbons (Fsp3) is 0.429. The number of benzene rings is 2. The number of halogens is 3. The van der Waals surface area contributed by atoms with Gasteiger partial charge in [-0.25, -0.2) is 13.2 Å². The summed E-state index contributed by atoms with van der Waals surface area (Å²) >= 11 is 0. The van der Waals surface area contributed by atoms with Crippen molar-refractivity contribution >= 4 is 0 Å². The van der Waals surface area contributed by atoms with Crippen LogP contribution in [0.3, 0.4) is 0 Å². The molecule has 4 atom stereocenters. The first kappa shape index (κ1) is 22.5. The molecule has 0 N–H and O–H groups in total. The molecule has 1 nitrogen and oxygen atoms in total. The Kier molecular flexibility index (Phi) is 6.94. The monoisotopic (exact) mass is 438 g/mol. The van der Waals surface area contributed by atoms with E-state index in [1.165, 1.54) is 50.6 Å². The summed E-state index contributed by atoms with van der Waals surface area (Å²) in [6, 6.07) is 7.08. The van der Waals surface area contributed by atoms with Crippen LogP contribution in [0.15, 0.2) is 42.5 Å². The second-order valence-corrected chi connectivity index (χ2v) is 9.09. The van der Waals surface area contributed by atoms with Gasteiger partial charge in [0.2, 0.25) is 0 Å². The Hall–Kier alpha value is -2.67. The number of ether oxygens (including phenoxy) is 1. The van der Waals surface area contributed by atoms with Crippen LogP contribution >= 0.6 is 0 Å². The van der Waals surface area contributed by atoms with E-state index in [0.717, 1.165) is 30.7 Å². The average molecular weight is 439 g/mol. The van der Waals surface area contributed by atoms with E-state index in [1.807, 2.05) is 0 Å². The minimum Gasteiger partial charge on any atom is -0.494 e. The molecule has 4 rings (SSSR count). The second kappa shape index (κ2) is 9.86. The van der Waals surface area contributed by atoms with Crippen molar-refractivity contribution in [3.63, 3.8) is 0 Å². The van der Waals surface area contributed by atoms with Gasteiger partial charge in [0.15, 0.2) is 11.6 Å². The van der Waals surface area contributed by atoms with Crippen LogP contribution in [-0.4, -0.2) is 7.11 Å². The lowest BCUT2D eigenvalue weighted by atomic mass is 9.64. The SMILES string of the molecule is C/C=C/C1CCC2CC(c3cc(F)c(C#Cc4ccc(OC)c(F)c4)c(F)c3)CCC2C1. The molecule has 2 aromatic rings. The highest BCUT2D eigenvalue weighted by Gasteiger charge is 2.35. The van der Waals surface area contributed by atoms with Gasteiger partial charge in [-0.1, -0.05) is 24.0 Å². The Morgan fingerprint density at radius 1 is 0.875 bits per heavy atom. The summed E-state index contributed by atoms with van der Waals surface area (Å²) in [5, 5.41) is 0. The molecule has 32 heavy (non-hydrogen) atoms. The molecule has 2 aliphatic carbocycles. The van der Waals surface area contributed by atoms with Crippen molar-refractivity contribution < 1.29 is 17.9 Å². The minimum atomic E-state index is -0.652. The van der Waals surface area contributed by atoms with E-state index < -0.39 is 17.5 Å². The predicted molar refractivity (Wildman–Crippen MR) is 121 cm³/mol. The highest BCUT2D eigenvalue weighted by atomic mass is 19.1. The third-order valence-corrected chi connectivity index (χ3v) is 7.14. The minimum absolute atomic E-state index is 0.0994. The molecule has 2 aliphatic rings. The van der Waals surface area contributed by atoms with Gasteiger partial charge < -0.3 is 4.74 Å². The third kappa shape index (κ3) is 4.88. The quantitative estimate of drug-likeness (QED) is 0.359. The molecule has 0 amide bonds. The summed E-state index contributed by atoms with van der Waals surface area (Å²) in [5.74, 6) is 5.67. The Morgan fingerprint density at radius 3 is 2.28 bits per heavy atom. The highest BCUT2D eigenvalue weighted by molar-refractivity contribution is 5.47. The number of hydrogen-bond acceptors (Lipinski definition) is 1. The predicted octanol–water partition coefficient (Wildman–Crippen LogP) is 7.39. The van der Waals surface area contributed by atoms with Gasteiger partial charge in [-0.2, -0.15) is 0 Å². The maximum absolute atomic E-state index is 14.8. The first-order valence-corrected chi connectivity index (χ1v) is 11.5.